The van der Waals surface area contributed by atoms with E-state index in [0.29, 0.717) is 24.3 Å². The Morgan fingerprint density at radius 2 is 1.90 bits per heavy atom. The van der Waals surface area contributed by atoms with Crippen molar-refractivity contribution in [2.75, 3.05) is 26.1 Å². The van der Waals surface area contributed by atoms with E-state index in [2.05, 4.69) is 4.18 Å². The number of carbonyl (C=O) groups excluding carboxylic acids is 1. The maximum atomic E-state index is 11.8. The lowest BCUT2D eigenvalue weighted by molar-refractivity contribution is 0.0522. The summed E-state index contributed by atoms with van der Waals surface area (Å²) >= 11 is 0. The van der Waals surface area contributed by atoms with Crippen LogP contribution in [-0.4, -0.2) is 40.5 Å². The molecule has 1 aromatic rings. The SMILES string of the molecule is CCOC(=O)c1ccc(CCOS(C)(=O)=O)cc1OCC. The standard InChI is InChI=1S/C14H20O6S/c1-4-18-13-10-11(8-9-20-21(3,16)17)6-7-12(13)14(15)19-5-2/h6-7,10H,4-5,8-9H2,1-3H3. The van der Waals surface area contributed by atoms with Crippen LogP contribution in [-0.2, 0) is 25.5 Å². The van der Waals surface area contributed by atoms with Gasteiger partial charge in [0.05, 0.1) is 26.1 Å². The van der Waals surface area contributed by atoms with Crippen LogP contribution in [0.3, 0.4) is 0 Å². The van der Waals surface area contributed by atoms with Crippen molar-refractivity contribution in [3.05, 3.63) is 29.3 Å². The molecule has 118 valence electrons. The second-order valence-electron chi connectivity index (χ2n) is 4.26. The van der Waals surface area contributed by atoms with E-state index in [1.165, 1.54) is 0 Å². The minimum Gasteiger partial charge on any atom is -0.493 e. The zero-order valence-electron chi connectivity index (χ0n) is 12.4. The van der Waals surface area contributed by atoms with Gasteiger partial charge in [-0.1, -0.05) is 6.07 Å². The monoisotopic (exact) mass is 316 g/mol. The van der Waals surface area contributed by atoms with Gasteiger partial charge in [0.2, 0.25) is 0 Å². The fourth-order valence-corrected chi connectivity index (χ4v) is 2.07. The van der Waals surface area contributed by atoms with Gasteiger partial charge in [0.1, 0.15) is 11.3 Å². The third-order valence-electron chi connectivity index (χ3n) is 2.53. The summed E-state index contributed by atoms with van der Waals surface area (Å²) in [4.78, 5) is 11.8. The molecular weight excluding hydrogens is 296 g/mol. The van der Waals surface area contributed by atoms with E-state index < -0.39 is 16.1 Å². The van der Waals surface area contributed by atoms with Crippen LogP contribution in [0.1, 0.15) is 29.8 Å². The third kappa shape index (κ3) is 6.14. The maximum absolute atomic E-state index is 11.8. The van der Waals surface area contributed by atoms with Crippen LogP contribution in [0.2, 0.25) is 0 Å². The molecule has 21 heavy (non-hydrogen) atoms. The van der Waals surface area contributed by atoms with Crippen LogP contribution in [0, 0.1) is 0 Å². The highest BCUT2D eigenvalue weighted by Crippen LogP contribution is 2.22. The first-order valence-electron chi connectivity index (χ1n) is 6.64. The van der Waals surface area contributed by atoms with Crippen LogP contribution < -0.4 is 4.74 Å². The average molecular weight is 316 g/mol. The summed E-state index contributed by atoms with van der Waals surface area (Å²) in [6, 6.07) is 5.03. The summed E-state index contributed by atoms with van der Waals surface area (Å²) in [5.74, 6) is -0.0207. The summed E-state index contributed by atoms with van der Waals surface area (Å²) in [6.45, 7) is 4.29. The quantitative estimate of drug-likeness (QED) is 0.537. The first kappa shape index (κ1) is 17.5. The van der Waals surface area contributed by atoms with E-state index in [4.69, 9.17) is 9.47 Å². The van der Waals surface area contributed by atoms with Gasteiger partial charge in [-0.15, -0.1) is 0 Å². The van der Waals surface area contributed by atoms with Crippen LogP contribution in [0.5, 0.6) is 5.75 Å². The average Bonchev–Trinajstić information content (AvgIpc) is 2.38. The molecule has 0 radical (unpaired) electrons. The molecule has 0 aromatic heterocycles. The zero-order valence-corrected chi connectivity index (χ0v) is 13.2. The molecule has 0 amide bonds. The predicted octanol–water partition coefficient (Wildman–Crippen LogP) is 1.78. The lowest BCUT2D eigenvalue weighted by Crippen LogP contribution is -2.09. The molecule has 0 saturated carbocycles. The maximum Gasteiger partial charge on any atom is 0.341 e. The summed E-state index contributed by atoms with van der Waals surface area (Å²) < 4.78 is 36.9. The van der Waals surface area contributed by atoms with Gasteiger partial charge < -0.3 is 9.47 Å². The van der Waals surface area contributed by atoms with Crippen LogP contribution in [0.25, 0.3) is 0 Å². The highest BCUT2D eigenvalue weighted by molar-refractivity contribution is 7.85. The molecule has 0 aliphatic heterocycles. The molecule has 0 N–H and O–H groups in total. The van der Waals surface area contributed by atoms with Crippen molar-refractivity contribution in [2.45, 2.75) is 20.3 Å². The molecule has 7 heteroatoms. The van der Waals surface area contributed by atoms with Crippen molar-refractivity contribution >= 4 is 16.1 Å². The molecule has 6 nitrogen and oxygen atoms in total. The molecule has 0 heterocycles. The molecule has 0 fully saturated rings. The van der Waals surface area contributed by atoms with Gasteiger partial charge in [-0.05, 0) is 38.0 Å². The Kier molecular flexibility index (Phi) is 6.64. The summed E-state index contributed by atoms with van der Waals surface area (Å²) in [7, 11) is -3.45. The smallest absolute Gasteiger partial charge is 0.341 e. The topological polar surface area (TPSA) is 78.9 Å². The van der Waals surface area contributed by atoms with Crippen molar-refractivity contribution in [3.63, 3.8) is 0 Å². The van der Waals surface area contributed by atoms with E-state index in [-0.39, 0.29) is 13.2 Å². The minimum absolute atomic E-state index is 0.0448. The number of benzene rings is 1. The van der Waals surface area contributed by atoms with Gasteiger partial charge in [0, 0.05) is 0 Å². The molecule has 0 bridgehead atoms. The van der Waals surface area contributed by atoms with Gasteiger partial charge in [0.25, 0.3) is 10.1 Å². The van der Waals surface area contributed by atoms with Crippen molar-refractivity contribution < 1.29 is 26.9 Å². The lowest BCUT2D eigenvalue weighted by Gasteiger charge is -2.11. The Balaban J connectivity index is 2.84. The normalized spacial score (nSPS) is 11.2. The highest BCUT2D eigenvalue weighted by atomic mass is 32.2. The van der Waals surface area contributed by atoms with E-state index in [0.717, 1.165) is 11.8 Å². The van der Waals surface area contributed by atoms with Crippen LogP contribution in [0.4, 0.5) is 0 Å². The van der Waals surface area contributed by atoms with Gasteiger partial charge in [0.15, 0.2) is 0 Å². The number of hydrogen-bond donors (Lipinski definition) is 0. The fraction of sp³-hybridized carbons (Fsp3) is 0.500. The molecule has 0 aliphatic carbocycles. The number of carbonyl (C=O) groups is 1. The largest absolute Gasteiger partial charge is 0.493 e. The molecule has 0 atom stereocenters. The highest BCUT2D eigenvalue weighted by Gasteiger charge is 2.14. The fourth-order valence-electron chi connectivity index (χ4n) is 1.69. The van der Waals surface area contributed by atoms with Crippen molar-refractivity contribution in [1.29, 1.82) is 0 Å². The Morgan fingerprint density at radius 3 is 2.48 bits per heavy atom. The summed E-state index contributed by atoms with van der Waals surface area (Å²) in [5.41, 5.74) is 1.17. The van der Waals surface area contributed by atoms with Crippen LogP contribution >= 0.6 is 0 Å². The minimum atomic E-state index is -3.45. The van der Waals surface area contributed by atoms with Crippen molar-refractivity contribution in [3.8, 4) is 5.75 Å². The number of rotatable bonds is 8. The van der Waals surface area contributed by atoms with E-state index in [1.807, 2.05) is 6.92 Å². The van der Waals surface area contributed by atoms with Crippen molar-refractivity contribution in [1.82, 2.24) is 0 Å². The molecule has 0 unspecified atom stereocenters. The molecule has 0 aliphatic rings. The van der Waals surface area contributed by atoms with E-state index >= 15 is 0 Å². The van der Waals surface area contributed by atoms with Crippen LogP contribution in [0.15, 0.2) is 18.2 Å². The zero-order chi connectivity index (χ0) is 15.9. The van der Waals surface area contributed by atoms with Gasteiger partial charge in [-0.25, -0.2) is 4.79 Å². The molecule has 0 saturated heterocycles. The summed E-state index contributed by atoms with van der Waals surface area (Å²) in [5, 5.41) is 0. The molecule has 0 spiro atoms. The van der Waals surface area contributed by atoms with E-state index in [1.54, 1.807) is 25.1 Å². The van der Waals surface area contributed by atoms with Gasteiger partial charge in [-0.2, -0.15) is 8.42 Å². The number of ether oxygens (including phenoxy) is 2. The third-order valence-corrected chi connectivity index (χ3v) is 3.12. The Hall–Kier alpha value is -1.60. The second-order valence-corrected chi connectivity index (χ2v) is 5.90. The first-order chi connectivity index (χ1) is 9.87. The Labute approximate surface area is 125 Å². The van der Waals surface area contributed by atoms with Crippen molar-refractivity contribution in [2.24, 2.45) is 0 Å². The lowest BCUT2D eigenvalue weighted by atomic mass is 10.1. The Bertz CT molecular complexity index is 579. The Morgan fingerprint density at radius 1 is 1.19 bits per heavy atom. The number of esters is 1. The second kappa shape index (κ2) is 7.99. The van der Waals surface area contributed by atoms with E-state index in [9.17, 15) is 13.2 Å². The van der Waals surface area contributed by atoms with Gasteiger partial charge >= 0.3 is 5.97 Å². The number of hydrogen-bond acceptors (Lipinski definition) is 6. The molecular formula is C14H20O6S. The first-order valence-corrected chi connectivity index (χ1v) is 8.46. The van der Waals surface area contributed by atoms with Gasteiger partial charge in [-0.3, -0.25) is 4.18 Å². The predicted molar refractivity (Wildman–Crippen MR) is 78.1 cm³/mol. The summed E-state index contributed by atoms with van der Waals surface area (Å²) in [6.07, 6.45) is 1.40. The molecule has 1 rings (SSSR count). The molecule has 1 aromatic carbocycles.